The number of carbonyl (C=O) groups is 3. The fourth-order valence-electron chi connectivity index (χ4n) is 3.62. The van der Waals surface area contributed by atoms with Crippen molar-refractivity contribution < 1.29 is 24.2 Å². The van der Waals surface area contributed by atoms with Crippen molar-refractivity contribution in [2.24, 2.45) is 0 Å². The molecule has 0 heterocycles. The Bertz CT molecular complexity index is 783. The number of aliphatic hydroxyl groups excluding tert-OH is 1. The lowest BCUT2D eigenvalue weighted by Crippen LogP contribution is -2.54. The zero-order chi connectivity index (χ0) is 25.2. The minimum Gasteiger partial charge on any atom is -0.444 e. The molecule has 3 N–H and O–H groups in total. The molecule has 8 heteroatoms. The smallest absolute Gasteiger partial charge is 0.408 e. The summed E-state index contributed by atoms with van der Waals surface area (Å²) in [5, 5.41) is 15.3. The van der Waals surface area contributed by atoms with Crippen molar-refractivity contribution in [3.63, 3.8) is 0 Å². The van der Waals surface area contributed by atoms with E-state index in [1.807, 2.05) is 45.9 Å². The summed E-state index contributed by atoms with van der Waals surface area (Å²) >= 11 is 0. The van der Waals surface area contributed by atoms with Crippen LogP contribution in [0.25, 0.3) is 0 Å². The molecule has 3 amide bonds. The molecular formula is C25H41N3O5. The highest BCUT2D eigenvalue weighted by Gasteiger charge is 2.36. The zero-order valence-corrected chi connectivity index (χ0v) is 21.2. The van der Waals surface area contributed by atoms with Gasteiger partial charge in [0.15, 0.2) is 0 Å². The van der Waals surface area contributed by atoms with Crippen molar-refractivity contribution in [1.82, 2.24) is 15.5 Å². The van der Waals surface area contributed by atoms with Crippen LogP contribution in [0.1, 0.15) is 76.6 Å². The minimum atomic E-state index is -1.23. The summed E-state index contributed by atoms with van der Waals surface area (Å²) in [6.07, 6.45) is 1.55. The average Bonchev–Trinajstić information content (AvgIpc) is 2.72. The first-order valence-corrected chi connectivity index (χ1v) is 11.7. The molecule has 0 aliphatic heterocycles. The molecular weight excluding hydrogens is 422 g/mol. The third kappa shape index (κ3) is 8.68. The second kappa shape index (κ2) is 13.2. The van der Waals surface area contributed by atoms with Gasteiger partial charge in [-0.25, -0.2) is 4.79 Å². The van der Waals surface area contributed by atoms with Crippen LogP contribution in [0.3, 0.4) is 0 Å². The maximum absolute atomic E-state index is 13.6. The molecule has 1 aromatic rings. The van der Waals surface area contributed by atoms with Crippen molar-refractivity contribution in [3.05, 3.63) is 34.9 Å². The number of benzene rings is 1. The number of hydrogen-bond donors (Lipinski definition) is 3. The second-order valence-electron chi connectivity index (χ2n) is 9.27. The number of amides is 3. The molecule has 33 heavy (non-hydrogen) atoms. The predicted octanol–water partition coefficient (Wildman–Crippen LogP) is 3.39. The van der Waals surface area contributed by atoms with Crippen LogP contribution in [0.5, 0.6) is 0 Å². The molecule has 0 spiro atoms. The summed E-state index contributed by atoms with van der Waals surface area (Å²) in [4.78, 5) is 40.7. The van der Waals surface area contributed by atoms with Crippen LogP contribution < -0.4 is 10.6 Å². The number of nitrogens with zero attached hydrogens (tertiary/aromatic N) is 1. The lowest BCUT2D eigenvalue weighted by molar-refractivity contribution is -0.143. The molecule has 0 radical (unpaired) electrons. The maximum Gasteiger partial charge on any atom is 0.408 e. The Hall–Kier alpha value is -2.61. The SMILES string of the molecule is CCCCNC(=O)C(c1c(C)cccc1C)N(CCC)C(=O)C(CO)NC(=O)OC(C)(C)C. The average molecular weight is 464 g/mol. The minimum absolute atomic E-state index is 0.281. The lowest BCUT2D eigenvalue weighted by Gasteiger charge is -2.35. The van der Waals surface area contributed by atoms with Gasteiger partial charge in [-0.3, -0.25) is 9.59 Å². The molecule has 2 atom stereocenters. The Balaban J connectivity index is 3.37. The van der Waals surface area contributed by atoms with E-state index in [1.165, 1.54) is 4.90 Å². The van der Waals surface area contributed by atoms with Crippen LogP contribution in [0, 0.1) is 13.8 Å². The second-order valence-corrected chi connectivity index (χ2v) is 9.27. The summed E-state index contributed by atoms with van der Waals surface area (Å²) in [6, 6.07) is 3.61. The Kier molecular flexibility index (Phi) is 11.4. The van der Waals surface area contributed by atoms with Crippen LogP contribution in [-0.4, -0.2) is 59.3 Å². The quantitative estimate of drug-likeness (QED) is 0.436. The van der Waals surface area contributed by atoms with E-state index >= 15 is 0 Å². The maximum atomic E-state index is 13.6. The molecule has 0 aliphatic carbocycles. The topological polar surface area (TPSA) is 108 Å². The molecule has 0 aliphatic rings. The number of aliphatic hydroxyl groups is 1. The van der Waals surface area contributed by atoms with Gasteiger partial charge in [0.1, 0.15) is 17.7 Å². The van der Waals surface area contributed by atoms with Crippen LogP contribution in [0.15, 0.2) is 18.2 Å². The molecule has 1 rings (SSSR count). The van der Waals surface area contributed by atoms with Crippen LogP contribution >= 0.6 is 0 Å². The number of nitrogens with one attached hydrogen (secondary N) is 2. The number of rotatable bonds is 11. The standard InChI is InChI=1S/C25H41N3O5/c1-8-10-14-26-22(30)21(20-17(3)12-11-13-18(20)4)28(15-9-2)23(31)19(16-29)27-24(32)33-25(5,6)7/h11-13,19,21,29H,8-10,14-16H2,1-7H3,(H,26,30)(H,27,32). The summed E-state index contributed by atoms with van der Waals surface area (Å²) in [7, 11) is 0. The fourth-order valence-corrected chi connectivity index (χ4v) is 3.62. The van der Waals surface area contributed by atoms with Gasteiger partial charge in [-0.2, -0.15) is 0 Å². The van der Waals surface area contributed by atoms with Crippen LogP contribution in [0.2, 0.25) is 0 Å². The van der Waals surface area contributed by atoms with E-state index in [9.17, 15) is 19.5 Å². The Morgan fingerprint density at radius 1 is 1.09 bits per heavy atom. The van der Waals surface area contributed by atoms with Gasteiger partial charge in [0.2, 0.25) is 11.8 Å². The number of hydrogen-bond acceptors (Lipinski definition) is 5. The van der Waals surface area contributed by atoms with Crippen molar-refractivity contribution in [2.45, 2.75) is 85.4 Å². The van der Waals surface area contributed by atoms with Gasteiger partial charge in [0.05, 0.1) is 6.61 Å². The van der Waals surface area contributed by atoms with Gasteiger partial charge >= 0.3 is 6.09 Å². The first-order chi connectivity index (χ1) is 15.5. The molecule has 0 fully saturated rings. The number of unbranched alkanes of at least 4 members (excludes halogenated alkanes) is 1. The third-order valence-electron chi connectivity index (χ3n) is 5.12. The molecule has 1 aromatic carbocycles. The summed E-state index contributed by atoms with van der Waals surface area (Å²) in [5.74, 6) is -0.819. The third-order valence-corrected chi connectivity index (χ3v) is 5.12. The van der Waals surface area contributed by atoms with Gasteiger partial charge in [-0.15, -0.1) is 0 Å². The summed E-state index contributed by atoms with van der Waals surface area (Å²) < 4.78 is 5.24. The van der Waals surface area contributed by atoms with E-state index in [2.05, 4.69) is 10.6 Å². The highest BCUT2D eigenvalue weighted by atomic mass is 16.6. The number of carbonyl (C=O) groups excluding carboxylic acids is 3. The van der Waals surface area contributed by atoms with E-state index in [4.69, 9.17) is 4.74 Å². The lowest BCUT2D eigenvalue weighted by atomic mass is 9.93. The van der Waals surface area contributed by atoms with Gasteiger partial charge < -0.3 is 25.4 Å². The van der Waals surface area contributed by atoms with E-state index < -0.39 is 36.3 Å². The molecule has 186 valence electrons. The molecule has 0 saturated carbocycles. The Morgan fingerprint density at radius 2 is 1.70 bits per heavy atom. The highest BCUT2D eigenvalue weighted by molar-refractivity contribution is 5.92. The molecule has 8 nitrogen and oxygen atoms in total. The zero-order valence-electron chi connectivity index (χ0n) is 21.2. The van der Waals surface area contributed by atoms with Crippen molar-refractivity contribution in [3.8, 4) is 0 Å². The van der Waals surface area contributed by atoms with Crippen LogP contribution in [-0.2, 0) is 14.3 Å². The number of alkyl carbamates (subject to hydrolysis) is 1. The largest absolute Gasteiger partial charge is 0.444 e. The van der Waals surface area contributed by atoms with E-state index in [1.54, 1.807) is 20.8 Å². The van der Waals surface area contributed by atoms with Gasteiger partial charge in [-0.05, 0) is 64.2 Å². The first-order valence-electron chi connectivity index (χ1n) is 11.7. The fraction of sp³-hybridized carbons (Fsp3) is 0.640. The molecule has 0 bridgehead atoms. The molecule has 0 saturated heterocycles. The predicted molar refractivity (Wildman–Crippen MR) is 129 cm³/mol. The van der Waals surface area contributed by atoms with Gasteiger partial charge in [-0.1, -0.05) is 38.5 Å². The Morgan fingerprint density at radius 3 is 2.18 bits per heavy atom. The first kappa shape index (κ1) is 28.4. The highest BCUT2D eigenvalue weighted by Crippen LogP contribution is 2.28. The summed E-state index contributed by atoms with van der Waals surface area (Å²) in [6.45, 7) is 13.1. The van der Waals surface area contributed by atoms with E-state index in [0.717, 1.165) is 29.5 Å². The van der Waals surface area contributed by atoms with Crippen molar-refractivity contribution in [1.29, 1.82) is 0 Å². The molecule has 0 aromatic heterocycles. The van der Waals surface area contributed by atoms with E-state index in [-0.39, 0.29) is 12.5 Å². The van der Waals surface area contributed by atoms with Gasteiger partial charge in [0.25, 0.3) is 0 Å². The van der Waals surface area contributed by atoms with Gasteiger partial charge in [0, 0.05) is 13.1 Å². The normalized spacial score (nSPS) is 13.1. The van der Waals surface area contributed by atoms with Crippen molar-refractivity contribution in [2.75, 3.05) is 19.7 Å². The van der Waals surface area contributed by atoms with Crippen LogP contribution in [0.4, 0.5) is 4.79 Å². The number of ether oxygens (including phenoxy) is 1. The Labute approximate surface area is 198 Å². The number of aryl methyl sites for hydroxylation is 2. The van der Waals surface area contributed by atoms with E-state index in [0.29, 0.717) is 13.0 Å². The monoisotopic (exact) mass is 463 g/mol. The summed E-state index contributed by atoms with van der Waals surface area (Å²) in [5.41, 5.74) is 1.78. The van der Waals surface area contributed by atoms with Crippen molar-refractivity contribution >= 4 is 17.9 Å². The molecule has 2 unspecified atom stereocenters.